The molecule has 1 amide bonds. The second-order valence-corrected chi connectivity index (χ2v) is 8.19. The van der Waals surface area contributed by atoms with Gasteiger partial charge in [-0.3, -0.25) is 9.48 Å². The standard InChI is InChI=1S/C24H15ClF4N6O/c25-19-7-16(27)6-3-14(19)11-34-12-17(9-30-34)32-24(36)18-10-31-35-21(22(28)29)8-20(33-23(18)35)13-1-4-15(26)5-2-13/h1-10,12,22H,11H2,(H,32,36). The number of amides is 1. The number of halogens is 5. The largest absolute Gasteiger partial charge is 0.319 e. The molecule has 0 saturated carbocycles. The minimum Gasteiger partial charge on any atom is -0.319 e. The number of aromatic nitrogens is 5. The Morgan fingerprint density at radius 2 is 1.75 bits per heavy atom. The zero-order valence-corrected chi connectivity index (χ0v) is 18.9. The van der Waals surface area contributed by atoms with Crippen LogP contribution >= 0.6 is 11.6 Å². The SMILES string of the molecule is O=C(Nc1cnn(Cc2ccc(F)cc2Cl)c1)c1cnn2c(C(F)F)cc(-c3ccc(F)cc3)nc12. The van der Waals surface area contributed by atoms with E-state index in [0.717, 1.165) is 16.8 Å². The Morgan fingerprint density at radius 3 is 2.47 bits per heavy atom. The molecule has 0 radical (unpaired) electrons. The van der Waals surface area contributed by atoms with Crippen molar-refractivity contribution in [1.29, 1.82) is 0 Å². The highest BCUT2D eigenvalue weighted by Gasteiger charge is 2.22. The first kappa shape index (κ1) is 23.5. The Kier molecular flexibility index (Phi) is 6.15. The number of alkyl halides is 2. The zero-order valence-electron chi connectivity index (χ0n) is 18.2. The lowest BCUT2D eigenvalue weighted by atomic mass is 10.1. The third kappa shape index (κ3) is 4.65. The minimum atomic E-state index is -2.90. The van der Waals surface area contributed by atoms with Crippen molar-refractivity contribution in [3.05, 3.63) is 101 Å². The van der Waals surface area contributed by atoms with Gasteiger partial charge >= 0.3 is 0 Å². The van der Waals surface area contributed by atoms with E-state index >= 15 is 0 Å². The van der Waals surface area contributed by atoms with E-state index in [0.29, 0.717) is 16.8 Å². The molecule has 5 aromatic rings. The molecular weight excluding hydrogens is 500 g/mol. The number of carbonyl (C=O) groups is 1. The summed E-state index contributed by atoms with van der Waals surface area (Å²) in [5, 5.41) is 10.9. The van der Waals surface area contributed by atoms with Crippen LogP contribution in [0.2, 0.25) is 5.02 Å². The average Bonchev–Trinajstić information content (AvgIpc) is 3.47. The normalized spacial score (nSPS) is 11.4. The fourth-order valence-corrected chi connectivity index (χ4v) is 3.83. The van der Waals surface area contributed by atoms with Crippen LogP contribution < -0.4 is 5.32 Å². The van der Waals surface area contributed by atoms with Gasteiger partial charge < -0.3 is 5.32 Å². The molecule has 2 aromatic carbocycles. The Labute approximate surface area is 206 Å². The predicted molar refractivity (Wildman–Crippen MR) is 124 cm³/mol. The molecule has 1 N–H and O–H groups in total. The van der Waals surface area contributed by atoms with Gasteiger partial charge in [0, 0.05) is 16.8 Å². The van der Waals surface area contributed by atoms with Crippen LogP contribution in [0.15, 0.2) is 67.1 Å². The van der Waals surface area contributed by atoms with Gasteiger partial charge in [-0.1, -0.05) is 17.7 Å². The van der Waals surface area contributed by atoms with Gasteiger partial charge in [-0.15, -0.1) is 0 Å². The molecule has 0 unspecified atom stereocenters. The molecule has 3 heterocycles. The first-order valence-corrected chi connectivity index (χ1v) is 10.9. The van der Waals surface area contributed by atoms with E-state index in [1.54, 1.807) is 0 Å². The quantitative estimate of drug-likeness (QED) is 0.292. The zero-order chi connectivity index (χ0) is 25.4. The molecule has 0 aliphatic rings. The third-order valence-corrected chi connectivity index (χ3v) is 5.70. The molecule has 0 spiro atoms. The number of nitrogens with zero attached hydrogens (tertiary/aromatic N) is 5. The lowest BCUT2D eigenvalue weighted by molar-refractivity contribution is 0.102. The number of benzene rings is 2. The van der Waals surface area contributed by atoms with E-state index in [9.17, 15) is 22.4 Å². The fourth-order valence-electron chi connectivity index (χ4n) is 3.61. The molecule has 182 valence electrons. The molecule has 0 atom stereocenters. The van der Waals surface area contributed by atoms with Crippen molar-refractivity contribution in [3.63, 3.8) is 0 Å². The molecule has 3 aromatic heterocycles. The van der Waals surface area contributed by atoms with Crippen molar-refractivity contribution in [2.45, 2.75) is 13.0 Å². The smallest absolute Gasteiger partial charge is 0.280 e. The first-order chi connectivity index (χ1) is 17.3. The van der Waals surface area contributed by atoms with Gasteiger partial charge in [0.1, 0.15) is 22.9 Å². The van der Waals surface area contributed by atoms with Gasteiger partial charge in [0.25, 0.3) is 12.3 Å². The van der Waals surface area contributed by atoms with Gasteiger partial charge in [-0.2, -0.15) is 10.2 Å². The summed E-state index contributed by atoms with van der Waals surface area (Å²) >= 11 is 6.05. The average molecular weight is 515 g/mol. The van der Waals surface area contributed by atoms with Crippen molar-refractivity contribution in [1.82, 2.24) is 24.4 Å². The van der Waals surface area contributed by atoms with E-state index < -0.39 is 29.7 Å². The van der Waals surface area contributed by atoms with E-state index in [1.807, 2.05) is 0 Å². The van der Waals surface area contributed by atoms with Crippen LogP contribution in [0.25, 0.3) is 16.9 Å². The number of rotatable bonds is 6. The summed E-state index contributed by atoms with van der Waals surface area (Å²) in [4.78, 5) is 17.3. The molecule has 5 rings (SSSR count). The second-order valence-electron chi connectivity index (χ2n) is 7.78. The molecule has 0 fully saturated rings. The fraction of sp³-hybridized carbons (Fsp3) is 0.0833. The van der Waals surface area contributed by atoms with Gasteiger partial charge in [0.05, 0.1) is 30.3 Å². The number of hydrogen-bond acceptors (Lipinski definition) is 4. The Hall–Kier alpha value is -4.25. The van der Waals surface area contributed by atoms with E-state index in [4.69, 9.17) is 11.6 Å². The highest BCUT2D eigenvalue weighted by molar-refractivity contribution is 6.31. The maximum absolute atomic E-state index is 13.8. The van der Waals surface area contributed by atoms with Crippen molar-refractivity contribution >= 4 is 28.8 Å². The molecular formula is C24H15ClF4N6O. The van der Waals surface area contributed by atoms with Crippen LogP contribution in [-0.2, 0) is 6.54 Å². The highest BCUT2D eigenvalue weighted by Crippen LogP contribution is 2.27. The van der Waals surface area contributed by atoms with Crippen LogP contribution in [0.4, 0.5) is 23.2 Å². The summed E-state index contributed by atoms with van der Waals surface area (Å²) in [5.74, 6) is -1.59. The number of anilines is 1. The molecule has 0 aliphatic carbocycles. The maximum atomic E-state index is 13.8. The third-order valence-electron chi connectivity index (χ3n) is 5.35. The second kappa shape index (κ2) is 9.42. The highest BCUT2D eigenvalue weighted by atomic mass is 35.5. The summed E-state index contributed by atoms with van der Waals surface area (Å²) in [6.45, 7) is 0.228. The van der Waals surface area contributed by atoms with Crippen LogP contribution in [0, 0.1) is 11.6 Å². The topological polar surface area (TPSA) is 77.1 Å². The Morgan fingerprint density at radius 1 is 1.00 bits per heavy atom. The summed E-state index contributed by atoms with van der Waals surface area (Å²) in [6, 6.07) is 10.3. The summed E-state index contributed by atoms with van der Waals surface area (Å²) in [7, 11) is 0. The number of hydrogen-bond donors (Lipinski definition) is 1. The number of fused-ring (bicyclic) bond motifs is 1. The maximum Gasteiger partial charge on any atom is 0.280 e. The summed E-state index contributed by atoms with van der Waals surface area (Å²) < 4.78 is 56.5. The Bertz CT molecular complexity index is 1580. The Balaban J connectivity index is 1.43. The van der Waals surface area contributed by atoms with Gasteiger partial charge in [-0.05, 0) is 48.0 Å². The van der Waals surface area contributed by atoms with E-state index in [-0.39, 0.29) is 28.5 Å². The van der Waals surface area contributed by atoms with E-state index in [2.05, 4.69) is 20.5 Å². The molecule has 0 bridgehead atoms. The minimum absolute atomic E-state index is 0.0461. The van der Waals surface area contributed by atoms with Gasteiger partial charge in [-0.25, -0.2) is 27.1 Å². The van der Waals surface area contributed by atoms with Crippen LogP contribution in [-0.4, -0.2) is 30.3 Å². The molecule has 0 aliphatic heterocycles. The number of nitrogens with one attached hydrogen (secondary N) is 1. The predicted octanol–water partition coefficient (Wildman–Crippen LogP) is 5.76. The molecule has 36 heavy (non-hydrogen) atoms. The lowest BCUT2D eigenvalue weighted by Crippen LogP contribution is -2.12. The van der Waals surface area contributed by atoms with Crippen molar-refractivity contribution < 1.29 is 22.4 Å². The van der Waals surface area contributed by atoms with Crippen LogP contribution in [0.3, 0.4) is 0 Å². The van der Waals surface area contributed by atoms with Crippen molar-refractivity contribution in [2.75, 3.05) is 5.32 Å². The van der Waals surface area contributed by atoms with Crippen LogP contribution in [0.5, 0.6) is 0 Å². The first-order valence-electron chi connectivity index (χ1n) is 10.5. The monoisotopic (exact) mass is 514 g/mol. The molecule has 0 saturated heterocycles. The van der Waals surface area contributed by atoms with Gasteiger partial charge in [0.2, 0.25) is 0 Å². The lowest BCUT2D eigenvalue weighted by Gasteiger charge is -2.08. The summed E-state index contributed by atoms with van der Waals surface area (Å²) in [6.07, 6.45) is 1.16. The molecule has 12 heteroatoms. The number of carbonyl (C=O) groups excluding carboxylic acids is 1. The van der Waals surface area contributed by atoms with Gasteiger partial charge in [0.15, 0.2) is 5.65 Å². The molecule has 7 nitrogen and oxygen atoms in total. The summed E-state index contributed by atoms with van der Waals surface area (Å²) in [5.41, 5.74) is 0.873. The van der Waals surface area contributed by atoms with Crippen molar-refractivity contribution in [2.24, 2.45) is 0 Å². The van der Waals surface area contributed by atoms with Crippen molar-refractivity contribution in [3.8, 4) is 11.3 Å². The van der Waals surface area contributed by atoms with E-state index in [1.165, 1.54) is 59.5 Å². The van der Waals surface area contributed by atoms with Crippen LogP contribution in [0.1, 0.15) is 28.0 Å².